The zero-order valence-electron chi connectivity index (χ0n) is 13.8. The minimum atomic E-state index is -0.729. The van der Waals surface area contributed by atoms with E-state index in [4.69, 9.17) is 10.5 Å². The van der Waals surface area contributed by atoms with E-state index in [1.54, 1.807) is 24.0 Å². The summed E-state index contributed by atoms with van der Waals surface area (Å²) in [5.41, 5.74) is 7.09. The number of nitrogen functional groups attached to an aromatic ring is 1. The summed E-state index contributed by atoms with van der Waals surface area (Å²) < 4.78 is 5.52. The van der Waals surface area contributed by atoms with Crippen LogP contribution in [0.1, 0.15) is 16.1 Å². The van der Waals surface area contributed by atoms with Gasteiger partial charge in [0.2, 0.25) is 5.95 Å². The molecule has 8 heteroatoms. The molecular weight excluding hydrogens is 322 g/mol. The Morgan fingerprint density at radius 2 is 2.08 bits per heavy atom. The van der Waals surface area contributed by atoms with Crippen molar-refractivity contribution in [1.29, 1.82) is 0 Å². The van der Waals surface area contributed by atoms with Crippen molar-refractivity contribution in [1.82, 2.24) is 14.9 Å². The van der Waals surface area contributed by atoms with Crippen molar-refractivity contribution in [2.24, 2.45) is 0 Å². The maximum Gasteiger partial charge on any atom is 0.257 e. The first-order chi connectivity index (χ1) is 12.0. The van der Waals surface area contributed by atoms with E-state index >= 15 is 0 Å². The lowest BCUT2D eigenvalue weighted by molar-refractivity contribution is -0.131. The van der Waals surface area contributed by atoms with Gasteiger partial charge in [-0.25, -0.2) is 9.97 Å². The number of nitrogens with one attached hydrogen (secondary N) is 1. The van der Waals surface area contributed by atoms with Crippen molar-refractivity contribution in [3.63, 3.8) is 0 Å². The van der Waals surface area contributed by atoms with E-state index < -0.39 is 6.10 Å². The number of benzene rings is 1. The normalized spacial score (nSPS) is 17.2. The Morgan fingerprint density at radius 3 is 2.80 bits per heavy atom. The summed E-state index contributed by atoms with van der Waals surface area (Å²) >= 11 is 0. The predicted molar refractivity (Wildman–Crippen MR) is 91.9 cm³/mol. The molecule has 0 saturated carbocycles. The molecule has 3 N–H and O–H groups in total. The number of rotatable bonds is 3. The van der Waals surface area contributed by atoms with Crippen LogP contribution in [0.15, 0.2) is 36.5 Å². The molecule has 1 aromatic carbocycles. The molecule has 8 nitrogen and oxygen atoms in total. The highest BCUT2D eigenvalue weighted by Gasteiger charge is 2.30. The minimum Gasteiger partial charge on any atom is -0.368 e. The molecule has 1 saturated heterocycles. The van der Waals surface area contributed by atoms with Gasteiger partial charge < -0.3 is 20.7 Å². The van der Waals surface area contributed by atoms with Crippen LogP contribution in [0.4, 0.5) is 11.6 Å². The van der Waals surface area contributed by atoms with Gasteiger partial charge >= 0.3 is 0 Å². The number of para-hydroxylation sites is 1. The molecule has 1 aliphatic rings. The van der Waals surface area contributed by atoms with Gasteiger partial charge in [-0.2, -0.15) is 0 Å². The summed E-state index contributed by atoms with van der Waals surface area (Å²) in [6.45, 7) is 2.55. The van der Waals surface area contributed by atoms with Crippen LogP contribution in [0.3, 0.4) is 0 Å². The summed E-state index contributed by atoms with van der Waals surface area (Å²) in [4.78, 5) is 34.5. The first-order valence-corrected chi connectivity index (χ1v) is 7.90. The second-order valence-electron chi connectivity index (χ2n) is 5.69. The average molecular weight is 341 g/mol. The van der Waals surface area contributed by atoms with Crippen molar-refractivity contribution in [3.05, 3.63) is 47.8 Å². The molecule has 3 rings (SSSR count). The molecule has 0 spiro atoms. The molecule has 0 radical (unpaired) electrons. The molecule has 2 aromatic rings. The summed E-state index contributed by atoms with van der Waals surface area (Å²) in [6.07, 6.45) is 0.682. The lowest BCUT2D eigenvalue weighted by Gasteiger charge is -2.32. The largest absolute Gasteiger partial charge is 0.368 e. The number of nitrogens with two attached hydrogens (primary N) is 1. The molecule has 1 aliphatic heterocycles. The molecule has 25 heavy (non-hydrogen) atoms. The van der Waals surface area contributed by atoms with Gasteiger partial charge in [0.05, 0.1) is 24.4 Å². The molecule has 1 unspecified atom stereocenters. The van der Waals surface area contributed by atoms with E-state index in [1.807, 2.05) is 18.2 Å². The van der Waals surface area contributed by atoms with Crippen LogP contribution in [0, 0.1) is 6.92 Å². The Labute approximate surface area is 145 Å². The molecular formula is C17H19N5O3. The van der Waals surface area contributed by atoms with Gasteiger partial charge in [-0.1, -0.05) is 18.2 Å². The highest BCUT2D eigenvalue weighted by Crippen LogP contribution is 2.14. The number of carbonyl (C=O) groups excluding carboxylic acids is 2. The highest BCUT2D eigenvalue weighted by molar-refractivity contribution is 5.97. The molecule has 1 atom stereocenters. The highest BCUT2D eigenvalue weighted by atomic mass is 16.5. The van der Waals surface area contributed by atoms with Crippen LogP contribution in [0.25, 0.3) is 0 Å². The first-order valence-electron chi connectivity index (χ1n) is 7.90. The Bertz CT molecular complexity index is 781. The standard InChI is InChI=1S/C17H19N5O3/c1-11-13(9-19-17(18)20-11)16(24)22-7-8-25-14(10-22)15(23)21-12-5-3-2-4-6-12/h2-6,9,14H,7-8,10H2,1H3,(H,21,23)(H2,18,19,20). The van der Waals surface area contributed by atoms with Crippen LogP contribution in [-0.4, -0.2) is 52.5 Å². The summed E-state index contributed by atoms with van der Waals surface area (Å²) in [5, 5.41) is 2.79. The van der Waals surface area contributed by atoms with Crippen molar-refractivity contribution in [2.75, 3.05) is 30.7 Å². The fourth-order valence-corrected chi connectivity index (χ4v) is 2.60. The number of carbonyl (C=O) groups is 2. The molecule has 1 aromatic heterocycles. The SMILES string of the molecule is Cc1nc(N)ncc1C(=O)N1CCOC(C(=O)Nc2ccccc2)C1. The fourth-order valence-electron chi connectivity index (χ4n) is 2.60. The maximum atomic E-state index is 12.7. The van der Waals surface area contributed by atoms with Crippen LogP contribution in [0.5, 0.6) is 0 Å². The number of hydrogen-bond donors (Lipinski definition) is 2. The minimum absolute atomic E-state index is 0.121. The van der Waals surface area contributed by atoms with Gasteiger partial charge in [-0.3, -0.25) is 9.59 Å². The summed E-state index contributed by atoms with van der Waals surface area (Å²) in [5.74, 6) is -0.400. The molecule has 2 amide bonds. The van der Waals surface area contributed by atoms with Crippen LogP contribution >= 0.6 is 0 Å². The van der Waals surface area contributed by atoms with Crippen molar-refractivity contribution in [2.45, 2.75) is 13.0 Å². The van der Waals surface area contributed by atoms with E-state index in [1.165, 1.54) is 6.20 Å². The molecule has 130 valence electrons. The van der Waals surface area contributed by atoms with Crippen LogP contribution in [-0.2, 0) is 9.53 Å². The van der Waals surface area contributed by atoms with E-state index in [0.717, 1.165) is 0 Å². The monoisotopic (exact) mass is 341 g/mol. The molecule has 1 fully saturated rings. The lowest BCUT2D eigenvalue weighted by atomic mass is 10.1. The number of anilines is 2. The number of hydrogen-bond acceptors (Lipinski definition) is 6. The van der Waals surface area contributed by atoms with Crippen molar-refractivity contribution in [3.8, 4) is 0 Å². The van der Waals surface area contributed by atoms with E-state index in [0.29, 0.717) is 23.5 Å². The van der Waals surface area contributed by atoms with E-state index in [-0.39, 0.29) is 30.9 Å². The molecule has 2 heterocycles. The summed E-state index contributed by atoms with van der Waals surface area (Å²) in [7, 11) is 0. The number of aromatic nitrogens is 2. The van der Waals surface area contributed by atoms with Gasteiger partial charge in [-0.05, 0) is 19.1 Å². The van der Waals surface area contributed by atoms with Gasteiger partial charge in [0.15, 0.2) is 6.10 Å². The number of aryl methyl sites for hydroxylation is 1. The fraction of sp³-hybridized carbons (Fsp3) is 0.294. The third kappa shape index (κ3) is 3.92. The van der Waals surface area contributed by atoms with E-state index in [2.05, 4.69) is 15.3 Å². The maximum absolute atomic E-state index is 12.7. The number of nitrogens with zero attached hydrogens (tertiary/aromatic N) is 3. The molecule has 0 aliphatic carbocycles. The Balaban J connectivity index is 1.68. The van der Waals surface area contributed by atoms with Gasteiger partial charge in [0.1, 0.15) is 0 Å². The third-order valence-corrected chi connectivity index (χ3v) is 3.92. The van der Waals surface area contributed by atoms with Gasteiger partial charge in [0, 0.05) is 18.4 Å². The topological polar surface area (TPSA) is 110 Å². The number of morpholine rings is 1. The second-order valence-corrected chi connectivity index (χ2v) is 5.69. The zero-order valence-corrected chi connectivity index (χ0v) is 13.8. The van der Waals surface area contributed by atoms with E-state index in [9.17, 15) is 9.59 Å². The quantitative estimate of drug-likeness (QED) is 0.856. The Kier molecular flexibility index (Phi) is 4.90. The van der Waals surface area contributed by atoms with Crippen LogP contribution < -0.4 is 11.1 Å². The average Bonchev–Trinajstić information content (AvgIpc) is 2.62. The predicted octanol–water partition coefficient (Wildman–Crippen LogP) is 0.847. The first kappa shape index (κ1) is 16.8. The Morgan fingerprint density at radius 1 is 1.32 bits per heavy atom. The molecule has 0 bridgehead atoms. The smallest absolute Gasteiger partial charge is 0.257 e. The summed E-state index contributed by atoms with van der Waals surface area (Å²) in [6, 6.07) is 9.11. The Hall–Kier alpha value is -3.00. The van der Waals surface area contributed by atoms with Gasteiger partial charge in [0.25, 0.3) is 11.8 Å². The third-order valence-electron chi connectivity index (χ3n) is 3.92. The number of ether oxygens (including phenoxy) is 1. The number of amides is 2. The zero-order chi connectivity index (χ0) is 17.8. The lowest BCUT2D eigenvalue weighted by Crippen LogP contribution is -2.50. The van der Waals surface area contributed by atoms with Gasteiger partial charge in [-0.15, -0.1) is 0 Å². The van der Waals surface area contributed by atoms with Crippen molar-refractivity contribution >= 4 is 23.5 Å². The van der Waals surface area contributed by atoms with Crippen LogP contribution in [0.2, 0.25) is 0 Å². The van der Waals surface area contributed by atoms with Crippen molar-refractivity contribution < 1.29 is 14.3 Å². The second kappa shape index (κ2) is 7.27.